The van der Waals surface area contributed by atoms with Gasteiger partial charge in [-0.15, -0.1) is 11.3 Å². The minimum Gasteiger partial charge on any atom is -0.472 e. The van der Waals surface area contributed by atoms with E-state index in [4.69, 9.17) is 4.42 Å². The summed E-state index contributed by atoms with van der Waals surface area (Å²) in [5, 5.41) is 2.08. The van der Waals surface area contributed by atoms with Crippen LogP contribution in [0.5, 0.6) is 0 Å². The lowest BCUT2D eigenvalue weighted by atomic mass is 9.94. The second kappa shape index (κ2) is 8.67. The molecule has 0 aliphatic heterocycles. The zero-order valence-electron chi connectivity index (χ0n) is 14.4. The highest BCUT2D eigenvalue weighted by Crippen LogP contribution is 2.23. The molecule has 0 fully saturated rings. The van der Waals surface area contributed by atoms with E-state index in [9.17, 15) is 4.79 Å². The number of carbonyl (C=O) groups is 1. The van der Waals surface area contributed by atoms with Gasteiger partial charge in [-0.05, 0) is 35.9 Å². The van der Waals surface area contributed by atoms with Crippen LogP contribution in [-0.2, 0) is 17.8 Å². The van der Waals surface area contributed by atoms with Crippen LogP contribution < -0.4 is 0 Å². The Morgan fingerprint density at radius 3 is 2.64 bits per heavy atom. The van der Waals surface area contributed by atoms with E-state index in [-0.39, 0.29) is 11.8 Å². The van der Waals surface area contributed by atoms with E-state index in [1.165, 1.54) is 4.88 Å². The van der Waals surface area contributed by atoms with E-state index >= 15 is 0 Å². The molecule has 0 unspecified atom stereocenters. The van der Waals surface area contributed by atoms with Crippen molar-refractivity contribution in [3.63, 3.8) is 0 Å². The van der Waals surface area contributed by atoms with Gasteiger partial charge in [-0.1, -0.05) is 43.3 Å². The Bertz CT molecular complexity index is 751. The smallest absolute Gasteiger partial charge is 0.230 e. The number of benzene rings is 1. The first-order chi connectivity index (χ1) is 12.3. The summed E-state index contributed by atoms with van der Waals surface area (Å²) in [7, 11) is 0. The van der Waals surface area contributed by atoms with Gasteiger partial charge >= 0.3 is 0 Å². The maximum Gasteiger partial charge on any atom is 0.230 e. The predicted molar refractivity (Wildman–Crippen MR) is 102 cm³/mol. The minimum absolute atomic E-state index is 0.101. The Labute approximate surface area is 152 Å². The van der Waals surface area contributed by atoms with Crippen LogP contribution in [0.15, 0.2) is 70.9 Å². The molecule has 1 amide bonds. The van der Waals surface area contributed by atoms with E-state index in [1.807, 2.05) is 41.3 Å². The molecule has 0 aliphatic carbocycles. The topological polar surface area (TPSA) is 33.5 Å². The standard InChI is InChI=1S/C21H23NO2S/c1-2-20(18-7-4-3-5-8-18)21(23)22(15-17-11-13-24-16-17)12-10-19-9-6-14-25-19/h3-9,11,13-14,16,20H,2,10,12,15H2,1H3/t20-/m0/s1. The van der Waals surface area contributed by atoms with Gasteiger partial charge in [0.1, 0.15) is 0 Å². The van der Waals surface area contributed by atoms with Crippen LogP contribution in [0, 0.1) is 0 Å². The third kappa shape index (κ3) is 4.60. The molecule has 1 aromatic carbocycles. The van der Waals surface area contributed by atoms with Crippen molar-refractivity contribution in [2.45, 2.75) is 32.2 Å². The first kappa shape index (κ1) is 17.5. The second-order valence-corrected chi connectivity index (χ2v) is 7.12. The van der Waals surface area contributed by atoms with Crippen LogP contribution in [-0.4, -0.2) is 17.4 Å². The van der Waals surface area contributed by atoms with Crippen LogP contribution in [0.1, 0.15) is 35.3 Å². The number of furan rings is 1. The maximum absolute atomic E-state index is 13.3. The molecule has 1 atom stereocenters. The number of hydrogen-bond acceptors (Lipinski definition) is 3. The molecule has 3 aromatic rings. The second-order valence-electron chi connectivity index (χ2n) is 6.09. The lowest BCUT2D eigenvalue weighted by Gasteiger charge is -2.27. The monoisotopic (exact) mass is 353 g/mol. The molecular weight excluding hydrogens is 330 g/mol. The van der Waals surface area contributed by atoms with E-state index < -0.39 is 0 Å². The highest BCUT2D eigenvalue weighted by Gasteiger charge is 2.24. The highest BCUT2D eigenvalue weighted by molar-refractivity contribution is 7.09. The van der Waals surface area contributed by atoms with E-state index in [0.29, 0.717) is 13.1 Å². The third-order valence-electron chi connectivity index (χ3n) is 4.38. The first-order valence-corrected chi connectivity index (χ1v) is 9.53. The fraction of sp³-hybridized carbons (Fsp3) is 0.286. The van der Waals surface area contributed by atoms with Crippen molar-refractivity contribution in [3.05, 3.63) is 82.4 Å². The average Bonchev–Trinajstić information content (AvgIpc) is 3.34. The summed E-state index contributed by atoms with van der Waals surface area (Å²) in [6.45, 7) is 3.38. The largest absolute Gasteiger partial charge is 0.472 e. The van der Waals surface area contributed by atoms with Crippen molar-refractivity contribution in [2.24, 2.45) is 0 Å². The van der Waals surface area contributed by atoms with Crippen molar-refractivity contribution in [3.8, 4) is 0 Å². The maximum atomic E-state index is 13.3. The normalized spacial score (nSPS) is 12.0. The molecular formula is C21H23NO2S. The lowest BCUT2D eigenvalue weighted by molar-refractivity contribution is -0.133. The van der Waals surface area contributed by atoms with Crippen LogP contribution in [0.25, 0.3) is 0 Å². The van der Waals surface area contributed by atoms with Crippen molar-refractivity contribution in [1.82, 2.24) is 4.90 Å². The summed E-state index contributed by atoms with van der Waals surface area (Å²) < 4.78 is 5.18. The molecule has 0 radical (unpaired) electrons. The Morgan fingerprint density at radius 2 is 2.00 bits per heavy atom. The van der Waals surface area contributed by atoms with Crippen molar-refractivity contribution < 1.29 is 9.21 Å². The Morgan fingerprint density at radius 1 is 1.16 bits per heavy atom. The summed E-state index contributed by atoms with van der Waals surface area (Å²) in [5.74, 6) is 0.0860. The third-order valence-corrected chi connectivity index (χ3v) is 5.32. The number of nitrogens with zero attached hydrogens (tertiary/aromatic N) is 1. The van der Waals surface area contributed by atoms with Crippen molar-refractivity contribution in [1.29, 1.82) is 0 Å². The SMILES string of the molecule is CC[C@H](C(=O)N(CCc1cccs1)Cc1ccoc1)c1ccccc1. The summed E-state index contributed by atoms with van der Waals surface area (Å²) in [6.07, 6.45) is 5.05. The van der Waals surface area contributed by atoms with Crippen molar-refractivity contribution >= 4 is 17.2 Å². The molecule has 2 aromatic heterocycles. The Balaban J connectivity index is 1.77. The number of thiophene rings is 1. The predicted octanol–water partition coefficient (Wildman–Crippen LogP) is 5.11. The average molecular weight is 353 g/mol. The van der Waals surface area contributed by atoms with Gasteiger partial charge < -0.3 is 9.32 Å². The van der Waals surface area contributed by atoms with Crippen LogP contribution in [0.3, 0.4) is 0 Å². The first-order valence-electron chi connectivity index (χ1n) is 8.65. The molecule has 0 N–H and O–H groups in total. The minimum atomic E-state index is -0.101. The summed E-state index contributed by atoms with van der Waals surface area (Å²) in [4.78, 5) is 16.5. The summed E-state index contributed by atoms with van der Waals surface area (Å²) >= 11 is 1.74. The van der Waals surface area contributed by atoms with Gasteiger partial charge in [-0.2, -0.15) is 0 Å². The number of amides is 1. The van der Waals surface area contributed by atoms with Crippen LogP contribution in [0.2, 0.25) is 0 Å². The molecule has 0 saturated heterocycles. The van der Waals surface area contributed by atoms with E-state index in [1.54, 1.807) is 23.9 Å². The molecule has 2 heterocycles. The van der Waals surface area contributed by atoms with Gasteiger partial charge in [0.05, 0.1) is 18.4 Å². The number of rotatable bonds is 8. The quantitative estimate of drug-likeness (QED) is 0.564. The molecule has 0 spiro atoms. The zero-order chi connectivity index (χ0) is 17.5. The lowest BCUT2D eigenvalue weighted by Crippen LogP contribution is -2.36. The highest BCUT2D eigenvalue weighted by atomic mass is 32.1. The molecule has 130 valence electrons. The van der Waals surface area contributed by atoms with Crippen LogP contribution >= 0.6 is 11.3 Å². The number of hydrogen-bond donors (Lipinski definition) is 0. The van der Waals surface area contributed by atoms with E-state index in [2.05, 4.69) is 24.4 Å². The van der Waals surface area contributed by atoms with E-state index in [0.717, 1.165) is 24.0 Å². The van der Waals surface area contributed by atoms with Gasteiger partial charge in [-0.3, -0.25) is 4.79 Å². The van der Waals surface area contributed by atoms with Gasteiger partial charge in [0.25, 0.3) is 0 Å². The van der Waals surface area contributed by atoms with Crippen molar-refractivity contribution in [2.75, 3.05) is 6.54 Å². The fourth-order valence-electron chi connectivity index (χ4n) is 3.03. The molecule has 3 nitrogen and oxygen atoms in total. The molecule has 3 rings (SSSR count). The molecule has 0 aliphatic rings. The van der Waals surface area contributed by atoms with Gasteiger partial charge in [0.15, 0.2) is 0 Å². The molecule has 0 saturated carbocycles. The van der Waals surface area contributed by atoms with Crippen LogP contribution in [0.4, 0.5) is 0 Å². The molecule has 25 heavy (non-hydrogen) atoms. The van der Waals surface area contributed by atoms with Gasteiger partial charge in [0.2, 0.25) is 5.91 Å². The fourth-order valence-corrected chi connectivity index (χ4v) is 3.73. The van der Waals surface area contributed by atoms with Gasteiger partial charge in [-0.25, -0.2) is 0 Å². The Hall–Kier alpha value is -2.33. The zero-order valence-corrected chi connectivity index (χ0v) is 15.2. The summed E-state index contributed by atoms with van der Waals surface area (Å²) in [5.41, 5.74) is 2.12. The summed E-state index contributed by atoms with van der Waals surface area (Å²) in [6, 6.07) is 16.2. The van der Waals surface area contributed by atoms with Gasteiger partial charge in [0, 0.05) is 23.5 Å². The number of carbonyl (C=O) groups excluding carboxylic acids is 1. The molecule has 0 bridgehead atoms. The molecule has 4 heteroatoms. The Kier molecular flexibility index (Phi) is 6.07.